The van der Waals surface area contributed by atoms with Gasteiger partial charge in [0, 0.05) is 10.0 Å². The Kier molecular flexibility index (Phi) is 6.01. The van der Waals surface area contributed by atoms with Gasteiger partial charge in [-0.25, -0.2) is 0 Å². The minimum Gasteiger partial charge on any atom is -0.320 e. The van der Waals surface area contributed by atoms with Crippen LogP contribution in [0.4, 0.5) is 11.4 Å². The molecule has 3 rings (SSSR count). The van der Waals surface area contributed by atoms with Crippen LogP contribution in [0, 0.1) is 0 Å². The minimum atomic E-state index is -0.224. The van der Waals surface area contributed by atoms with Crippen LogP contribution in [0.1, 0.15) is 46.4 Å². The Morgan fingerprint density at radius 3 is 1.93 bits per heavy atom. The first-order valence-corrected chi connectivity index (χ1v) is 10.5. The van der Waals surface area contributed by atoms with Gasteiger partial charge in [0.25, 0.3) is 11.8 Å². The Morgan fingerprint density at radius 2 is 1.43 bits per heavy atom. The molecule has 0 saturated carbocycles. The molecule has 1 heterocycles. The van der Waals surface area contributed by atoms with E-state index in [1.807, 2.05) is 47.8 Å². The van der Waals surface area contributed by atoms with Gasteiger partial charge in [-0.2, -0.15) is 0 Å². The molecule has 0 saturated heterocycles. The highest BCUT2D eigenvalue weighted by molar-refractivity contribution is 9.10. The fraction of sp³-hybridized carbons (Fsp3) is 0.182. The third-order valence-corrected chi connectivity index (χ3v) is 6.10. The van der Waals surface area contributed by atoms with E-state index >= 15 is 0 Å². The number of hydrogen-bond donors (Lipinski definition) is 2. The summed E-state index contributed by atoms with van der Waals surface area (Å²) in [6.07, 6.45) is 0. The molecule has 1 aromatic heterocycles. The number of rotatable bonds is 4. The van der Waals surface area contributed by atoms with Crippen LogP contribution in [0.15, 0.2) is 64.5 Å². The minimum absolute atomic E-state index is 0.0297. The lowest BCUT2D eigenvalue weighted by Crippen LogP contribution is -2.17. The molecule has 0 aliphatic carbocycles. The number of thiophene rings is 1. The number of para-hydroxylation sites is 2. The van der Waals surface area contributed by atoms with E-state index in [1.165, 1.54) is 16.9 Å². The lowest BCUT2D eigenvalue weighted by molar-refractivity contribution is 0.101. The van der Waals surface area contributed by atoms with Gasteiger partial charge in [-0.1, -0.05) is 45.0 Å². The summed E-state index contributed by atoms with van der Waals surface area (Å²) < 4.78 is 0.746. The van der Waals surface area contributed by atoms with Crippen molar-refractivity contribution in [3.63, 3.8) is 0 Å². The zero-order valence-corrected chi connectivity index (χ0v) is 18.3. The van der Waals surface area contributed by atoms with E-state index in [1.54, 1.807) is 12.1 Å². The first-order valence-electron chi connectivity index (χ1n) is 8.81. The van der Waals surface area contributed by atoms with Crippen LogP contribution in [0.5, 0.6) is 0 Å². The fourth-order valence-electron chi connectivity index (χ4n) is 2.65. The van der Waals surface area contributed by atoms with Crippen molar-refractivity contribution in [3.8, 4) is 0 Å². The monoisotopic (exact) mass is 456 g/mol. The van der Waals surface area contributed by atoms with Crippen molar-refractivity contribution in [2.45, 2.75) is 26.2 Å². The molecule has 2 N–H and O–H groups in total. The zero-order valence-electron chi connectivity index (χ0n) is 15.9. The van der Waals surface area contributed by atoms with Crippen LogP contribution in [0.2, 0.25) is 0 Å². The summed E-state index contributed by atoms with van der Waals surface area (Å²) in [5, 5.41) is 7.60. The lowest BCUT2D eigenvalue weighted by Gasteiger charge is -2.19. The summed E-state index contributed by atoms with van der Waals surface area (Å²) in [5.41, 5.74) is 2.86. The van der Waals surface area contributed by atoms with Crippen molar-refractivity contribution >= 4 is 50.5 Å². The van der Waals surface area contributed by atoms with Crippen molar-refractivity contribution < 1.29 is 9.59 Å². The zero-order chi connectivity index (χ0) is 20.3. The maximum absolute atomic E-state index is 12.7. The highest BCUT2D eigenvalue weighted by Gasteiger charge is 2.16. The molecular weight excluding hydrogens is 436 g/mol. The van der Waals surface area contributed by atoms with Gasteiger partial charge < -0.3 is 10.6 Å². The first kappa shape index (κ1) is 20.3. The second-order valence-corrected chi connectivity index (χ2v) is 9.15. The van der Waals surface area contributed by atoms with Gasteiger partial charge >= 0.3 is 0 Å². The van der Waals surface area contributed by atoms with Crippen molar-refractivity contribution in [2.75, 3.05) is 10.6 Å². The third-order valence-electron chi connectivity index (χ3n) is 4.26. The largest absolute Gasteiger partial charge is 0.320 e. The van der Waals surface area contributed by atoms with Gasteiger partial charge in [-0.3, -0.25) is 9.59 Å². The quantitative estimate of drug-likeness (QED) is 0.482. The molecule has 4 nitrogen and oxygen atoms in total. The maximum atomic E-state index is 12.7. The van der Waals surface area contributed by atoms with Gasteiger partial charge in [-0.15, -0.1) is 11.3 Å². The van der Waals surface area contributed by atoms with Crippen molar-refractivity contribution in [3.05, 3.63) is 80.5 Å². The van der Waals surface area contributed by atoms with Crippen LogP contribution in [-0.4, -0.2) is 11.8 Å². The summed E-state index contributed by atoms with van der Waals surface area (Å²) in [5.74, 6) is -0.447. The van der Waals surface area contributed by atoms with Gasteiger partial charge in [0.1, 0.15) is 4.88 Å². The van der Waals surface area contributed by atoms with Crippen molar-refractivity contribution in [1.82, 2.24) is 0 Å². The average Bonchev–Trinajstić information content (AvgIpc) is 3.09. The summed E-state index contributed by atoms with van der Waals surface area (Å²) in [4.78, 5) is 25.7. The summed E-state index contributed by atoms with van der Waals surface area (Å²) in [6.45, 7) is 6.40. The molecule has 0 spiro atoms. The SMILES string of the molecule is CC(C)(C)c1ccc(C(=O)Nc2ccccc2NC(=O)c2sccc2Br)cc1. The predicted molar refractivity (Wildman–Crippen MR) is 120 cm³/mol. The van der Waals surface area contributed by atoms with E-state index in [0.29, 0.717) is 21.8 Å². The first-order chi connectivity index (χ1) is 13.3. The number of amides is 2. The number of carbonyl (C=O) groups is 2. The van der Waals surface area contributed by atoms with Crippen molar-refractivity contribution in [1.29, 1.82) is 0 Å². The summed E-state index contributed by atoms with van der Waals surface area (Å²) in [6, 6.07) is 16.6. The Labute approximate surface area is 177 Å². The Morgan fingerprint density at radius 1 is 0.857 bits per heavy atom. The highest BCUT2D eigenvalue weighted by atomic mass is 79.9. The molecule has 0 unspecified atom stereocenters. The number of anilines is 2. The summed E-state index contributed by atoms with van der Waals surface area (Å²) >= 11 is 4.72. The Balaban J connectivity index is 1.77. The maximum Gasteiger partial charge on any atom is 0.266 e. The molecule has 2 amide bonds. The number of benzene rings is 2. The fourth-order valence-corrected chi connectivity index (χ4v) is 4.10. The molecule has 0 bridgehead atoms. The van der Waals surface area contributed by atoms with Gasteiger partial charge in [0.05, 0.1) is 11.4 Å². The van der Waals surface area contributed by atoms with E-state index in [2.05, 4.69) is 47.3 Å². The van der Waals surface area contributed by atoms with Crippen molar-refractivity contribution in [2.24, 2.45) is 0 Å². The van der Waals surface area contributed by atoms with Crippen LogP contribution in [-0.2, 0) is 5.41 Å². The molecule has 144 valence electrons. The number of halogens is 1. The molecule has 0 aliphatic heterocycles. The number of hydrogen-bond acceptors (Lipinski definition) is 3. The molecular formula is C22H21BrN2O2S. The molecule has 28 heavy (non-hydrogen) atoms. The van der Waals surface area contributed by atoms with E-state index in [0.717, 1.165) is 4.47 Å². The van der Waals surface area contributed by atoms with Gasteiger partial charge in [0.15, 0.2) is 0 Å². The van der Waals surface area contributed by atoms with Crippen LogP contribution in [0.3, 0.4) is 0 Å². The van der Waals surface area contributed by atoms with E-state index in [-0.39, 0.29) is 17.2 Å². The lowest BCUT2D eigenvalue weighted by atomic mass is 9.87. The van der Waals surface area contributed by atoms with Gasteiger partial charge in [-0.05, 0) is 62.6 Å². The molecule has 0 atom stereocenters. The standard InChI is InChI=1S/C22H21BrN2O2S/c1-22(2,3)15-10-8-14(9-11-15)20(26)24-17-6-4-5-7-18(17)25-21(27)19-16(23)12-13-28-19/h4-13H,1-3H3,(H,24,26)(H,25,27). The molecule has 0 radical (unpaired) electrons. The van der Waals surface area contributed by atoms with Crippen LogP contribution in [0.25, 0.3) is 0 Å². The smallest absolute Gasteiger partial charge is 0.266 e. The molecule has 3 aromatic rings. The Bertz CT molecular complexity index is 1000. The van der Waals surface area contributed by atoms with E-state index < -0.39 is 0 Å². The van der Waals surface area contributed by atoms with E-state index in [9.17, 15) is 9.59 Å². The van der Waals surface area contributed by atoms with Crippen LogP contribution < -0.4 is 10.6 Å². The topological polar surface area (TPSA) is 58.2 Å². The van der Waals surface area contributed by atoms with Gasteiger partial charge in [0.2, 0.25) is 0 Å². The second kappa shape index (κ2) is 8.29. The Hall–Kier alpha value is -2.44. The molecule has 6 heteroatoms. The predicted octanol–water partition coefficient (Wildman–Crippen LogP) is 6.31. The second-order valence-electron chi connectivity index (χ2n) is 7.38. The highest BCUT2D eigenvalue weighted by Crippen LogP contribution is 2.27. The number of carbonyl (C=O) groups excluding carboxylic acids is 2. The van der Waals surface area contributed by atoms with Crippen LogP contribution >= 0.6 is 27.3 Å². The average molecular weight is 457 g/mol. The number of nitrogens with one attached hydrogen (secondary N) is 2. The summed E-state index contributed by atoms with van der Waals surface area (Å²) in [7, 11) is 0. The van der Waals surface area contributed by atoms with E-state index in [4.69, 9.17) is 0 Å². The molecule has 0 aliphatic rings. The normalized spacial score (nSPS) is 11.1. The molecule has 2 aromatic carbocycles. The molecule has 0 fully saturated rings. The third kappa shape index (κ3) is 4.69.